The third-order valence-electron chi connectivity index (χ3n) is 2.73. The van der Waals surface area contributed by atoms with Crippen LogP contribution in [0.2, 0.25) is 0 Å². The molecule has 1 aromatic rings. The van der Waals surface area contributed by atoms with Gasteiger partial charge in [0.25, 0.3) is 0 Å². The summed E-state index contributed by atoms with van der Waals surface area (Å²) in [7, 11) is -3.61. The summed E-state index contributed by atoms with van der Waals surface area (Å²) in [6.45, 7) is 0.415. The molecule has 1 aromatic heterocycles. The summed E-state index contributed by atoms with van der Waals surface area (Å²) in [5.74, 6) is 0.258. The molecule has 0 atom stereocenters. The Labute approximate surface area is 111 Å². The lowest BCUT2D eigenvalue weighted by Crippen LogP contribution is -2.35. The van der Waals surface area contributed by atoms with E-state index in [9.17, 15) is 13.2 Å². The second-order valence-electron chi connectivity index (χ2n) is 4.38. The number of nitrogens with zero attached hydrogens (tertiary/aromatic N) is 1. The van der Waals surface area contributed by atoms with E-state index in [1.807, 2.05) is 0 Å². The molecule has 0 radical (unpaired) electrons. The Kier molecular flexibility index (Phi) is 4.01. The summed E-state index contributed by atoms with van der Waals surface area (Å²) in [5, 5.41) is 2.68. The molecule has 0 bridgehead atoms. The van der Waals surface area contributed by atoms with Crippen molar-refractivity contribution in [3.8, 4) is 0 Å². The number of hydrogen-bond donors (Lipinski definition) is 3. The van der Waals surface area contributed by atoms with Gasteiger partial charge in [-0.3, -0.25) is 4.79 Å². The fourth-order valence-corrected chi connectivity index (χ4v) is 2.59. The van der Waals surface area contributed by atoms with Gasteiger partial charge in [0.15, 0.2) is 0 Å². The number of carbonyl (C=O) groups excluding carboxylic acids is 1. The predicted octanol–water partition coefficient (Wildman–Crippen LogP) is -0.532. The summed E-state index contributed by atoms with van der Waals surface area (Å²) >= 11 is 0. The number of aromatic nitrogens is 1. The van der Waals surface area contributed by atoms with E-state index in [1.54, 1.807) is 0 Å². The van der Waals surface area contributed by atoms with E-state index in [2.05, 4.69) is 15.0 Å². The van der Waals surface area contributed by atoms with Gasteiger partial charge in [-0.2, -0.15) is 0 Å². The molecule has 8 heteroatoms. The molecule has 7 nitrogen and oxygen atoms in total. The van der Waals surface area contributed by atoms with E-state index < -0.39 is 10.0 Å². The zero-order valence-corrected chi connectivity index (χ0v) is 11.1. The molecule has 0 saturated heterocycles. The van der Waals surface area contributed by atoms with E-state index in [0.29, 0.717) is 0 Å². The van der Waals surface area contributed by atoms with E-state index in [-0.39, 0.29) is 35.6 Å². The van der Waals surface area contributed by atoms with Gasteiger partial charge in [0.05, 0.1) is 4.90 Å². The Hall–Kier alpha value is -1.67. The van der Waals surface area contributed by atoms with Crippen molar-refractivity contribution in [1.82, 2.24) is 15.0 Å². The first kappa shape index (κ1) is 13.8. The third-order valence-corrected chi connectivity index (χ3v) is 4.19. The second kappa shape index (κ2) is 5.54. The van der Waals surface area contributed by atoms with Crippen LogP contribution in [0.25, 0.3) is 0 Å². The van der Waals surface area contributed by atoms with Gasteiger partial charge in [-0.1, -0.05) is 0 Å². The van der Waals surface area contributed by atoms with Crippen LogP contribution in [-0.2, 0) is 14.8 Å². The molecule has 0 aliphatic heterocycles. The zero-order chi connectivity index (χ0) is 13.9. The second-order valence-corrected chi connectivity index (χ2v) is 6.15. The van der Waals surface area contributed by atoms with Crippen LogP contribution >= 0.6 is 0 Å². The highest BCUT2D eigenvalue weighted by atomic mass is 32.2. The van der Waals surface area contributed by atoms with Gasteiger partial charge in [0.2, 0.25) is 15.9 Å². The molecule has 0 spiro atoms. The molecule has 104 valence electrons. The average molecular weight is 284 g/mol. The summed E-state index contributed by atoms with van der Waals surface area (Å²) in [5.41, 5.74) is 5.43. The highest BCUT2D eigenvalue weighted by Crippen LogP contribution is 2.28. The minimum absolute atomic E-state index is 0.00708. The lowest BCUT2D eigenvalue weighted by Gasteiger charge is -2.08. The number of rotatable bonds is 6. The maximum absolute atomic E-state index is 11.9. The SMILES string of the molecule is Nc1cc(S(=O)(=O)NCCNC(=O)C2CC2)ccn1. The first-order chi connectivity index (χ1) is 8.99. The molecule has 1 heterocycles. The van der Waals surface area contributed by atoms with Gasteiger partial charge in [-0.05, 0) is 18.9 Å². The van der Waals surface area contributed by atoms with Crippen LogP contribution in [0, 0.1) is 5.92 Å². The molecular weight excluding hydrogens is 268 g/mol. The summed E-state index contributed by atoms with van der Waals surface area (Å²) < 4.78 is 26.1. The van der Waals surface area contributed by atoms with Crippen LogP contribution in [0.3, 0.4) is 0 Å². The van der Waals surface area contributed by atoms with Gasteiger partial charge in [0.1, 0.15) is 5.82 Å². The Bertz CT molecular complexity index is 569. The molecular formula is C11H16N4O3S. The summed E-state index contributed by atoms with van der Waals surface area (Å²) in [6, 6.07) is 2.65. The van der Waals surface area contributed by atoms with Crippen LogP contribution in [0.5, 0.6) is 0 Å². The van der Waals surface area contributed by atoms with Crippen molar-refractivity contribution in [1.29, 1.82) is 0 Å². The molecule has 1 fully saturated rings. The smallest absolute Gasteiger partial charge is 0.240 e. The standard InChI is InChI=1S/C11H16N4O3S/c12-10-7-9(3-4-13-10)19(17,18)15-6-5-14-11(16)8-1-2-8/h3-4,7-8,15H,1-2,5-6H2,(H2,12,13)(H,14,16). The summed E-state index contributed by atoms with van der Waals surface area (Å²) in [6.07, 6.45) is 3.18. The van der Waals surface area contributed by atoms with Crippen molar-refractivity contribution in [3.05, 3.63) is 18.3 Å². The summed E-state index contributed by atoms with van der Waals surface area (Å²) in [4.78, 5) is 15.1. The molecule has 1 aliphatic rings. The largest absolute Gasteiger partial charge is 0.384 e. The maximum atomic E-state index is 11.9. The van der Waals surface area contributed by atoms with Crippen LogP contribution in [0.4, 0.5) is 5.82 Å². The topological polar surface area (TPSA) is 114 Å². The Morgan fingerprint density at radius 2 is 2.16 bits per heavy atom. The Balaban J connectivity index is 1.82. The van der Waals surface area contributed by atoms with Crippen molar-refractivity contribution < 1.29 is 13.2 Å². The van der Waals surface area contributed by atoms with Gasteiger partial charge >= 0.3 is 0 Å². The number of nitrogens with one attached hydrogen (secondary N) is 2. The minimum Gasteiger partial charge on any atom is -0.384 e. The molecule has 19 heavy (non-hydrogen) atoms. The van der Waals surface area contributed by atoms with Crippen LogP contribution < -0.4 is 15.8 Å². The van der Waals surface area contributed by atoms with E-state index in [4.69, 9.17) is 5.73 Å². The van der Waals surface area contributed by atoms with Gasteiger partial charge in [0, 0.05) is 31.3 Å². The van der Waals surface area contributed by atoms with Crippen molar-refractivity contribution in [3.63, 3.8) is 0 Å². The first-order valence-electron chi connectivity index (χ1n) is 5.98. The number of anilines is 1. The van der Waals surface area contributed by atoms with Crippen LogP contribution in [0.15, 0.2) is 23.2 Å². The van der Waals surface area contributed by atoms with Crippen molar-refractivity contribution >= 4 is 21.7 Å². The van der Waals surface area contributed by atoms with Gasteiger partial charge in [-0.25, -0.2) is 18.1 Å². The molecule has 2 rings (SSSR count). The zero-order valence-electron chi connectivity index (χ0n) is 10.3. The van der Waals surface area contributed by atoms with Crippen LogP contribution in [0.1, 0.15) is 12.8 Å². The molecule has 0 unspecified atom stereocenters. The van der Waals surface area contributed by atoms with E-state index >= 15 is 0 Å². The monoisotopic (exact) mass is 284 g/mol. The number of nitrogen functional groups attached to an aromatic ring is 1. The van der Waals surface area contributed by atoms with Crippen molar-refractivity contribution in [2.75, 3.05) is 18.8 Å². The highest BCUT2D eigenvalue weighted by molar-refractivity contribution is 7.89. The minimum atomic E-state index is -3.61. The third kappa shape index (κ3) is 3.90. The lowest BCUT2D eigenvalue weighted by atomic mass is 10.4. The first-order valence-corrected chi connectivity index (χ1v) is 7.46. The van der Waals surface area contributed by atoms with Crippen molar-refractivity contribution in [2.24, 2.45) is 5.92 Å². The number of carbonyl (C=O) groups is 1. The number of amides is 1. The number of pyridine rings is 1. The lowest BCUT2D eigenvalue weighted by molar-refractivity contribution is -0.122. The predicted molar refractivity (Wildman–Crippen MR) is 69.6 cm³/mol. The Morgan fingerprint density at radius 3 is 2.79 bits per heavy atom. The molecule has 1 saturated carbocycles. The average Bonchev–Trinajstić information content (AvgIpc) is 3.18. The number of hydrogen-bond acceptors (Lipinski definition) is 5. The molecule has 1 aliphatic carbocycles. The molecule has 1 amide bonds. The quantitative estimate of drug-likeness (QED) is 0.607. The maximum Gasteiger partial charge on any atom is 0.240 e. The normalized spacial score (nSPS) is 15.2. The molecule has 0 aromatic carbocycles. The van der Waals surface area contributed by atoms with E-state index in [1.165, 1.54) is 18.3 Å². The van der Waals surface area contributed by atoms with Crippen molar-refractivity contribution in [2.45, 2.75) is 17.7 Å². The van der Waals surface area contributed by atoms with Gasteiger partial charge < -0.3 is 11.1 Å². The Morgan fingerprint density at radius 1 is 1.42 bits per heavy atom. The number of nitrogens with two attached hydrogens (primary N) is 1. The fourth-order valence-electron chi connectivity index (χ4n) is 1.54. The van der Waals surface area contributed by atoms with Crippen LogP contribution in [-0.4, -0.2) is 32.4 Å². The highest BCUT2D eigenvalue weighted by Gasteiger charge is 2.29. The van der Waals surface area contributed by atoms with E-state index in [0.717, 1.165) is 12.8 Å². The van der Waals surface area contributed by atoms with Gasteiger partial charge in [-0.15, -0.1) is 0 Å². The molecule has 4 N–H and O–H groups in total. The fraction of sp³-hybridized carbons (Fsp3) is 0.455. The number of sulfonamides is 1.